The largest absolute Gasteiger partial charge is 0.348 e. The summed E-state index contributed by atoms with van der Waals surface area (Å²) in [4.78, 5) is 25.7. The number of rotatable bonds is 4. The molecule has 1 saturated heterocycles. The minimum atomic E-state index is -0.191. The van der Waals surface area contributed by atoms with Gasteiger partial charge < -0.3 is 10.2 Å². The van der Waals surface area contributed by atoms with Crippen LogP contribution in [0.4, 0.5) is 0 Å². The lowest BCUT2D eigenvalue weighted by atomic mass is 9.76. The molecule has 4 nitrogen and oxygen atoms in total. The number of nitrogens with one attached hydrogen (secondary N) is 1. The summed E-state index contributed by atoms with van der Waals surface area (Å²) in [6.07, 6.45) is 6.24. The molecule has 1 aromatic rings. The molecule has 1 aliphatic heterocycles. The van der Waals surface area contributed by atoms with Crippen LogP contribution in [0.5, 0.6) is 0 Å². The third-order valence-electron chi connectivity index (χ3n) is 4.81. The smallest absolute Gasteiger partial charge is 0.254 e. The Labute approximate surface area is 131 Å². The van der Waals surface area contributed by atoms with Crippen LogP contribution in [0, 0.1) is 5.92 Å². The third kappa shape index (κ3) is 2.91. The monoisotopic (exact) mass is 298 g/mol. The van der Waals surface area contributed by atoms with Crippen molar-refractivity contribution < 1.29 is 9.59 Å². The second-order valence-electron chi connectivity index (χ2n) is 6.19. The van der Waals surface area contributed by atoms with Crippen LogP contribution in [0.1, 0.15) is 41.6 Å². The first kappa shape index (κ1) is 14.8. The van der Waals surface area contributed by atoms with E-state index in [0.29, 0.717) is 12.6 Å². The van der Waals surface area contributed by atoms with E-state index in [2.05, 4.69) is 11.9 Å². The number of hydrogen-bond donors (Lipinski definition) is 1. The van der Waals surface area contributed by atoms with E-state index in [1.807, 2.05) is 29.2 Å². The molecular weight excluding hydrogens is 276 g/mol. The molecule has 22 heavy (non-hydrogen) atoms. The first-order valence-corrected chi connectivity index (χ1v) is 7.99. The van der Waals surface area contributed by atoms with Crippen LogP contribution in [0.25, 0.3) is 0 Å². The minimum absolute atomic E-state index is 0.143. The quantitative estimate of drug-likeness (QED) is 0.868. The molecule has 0 radical (unpaired) electrons. The van der Waals surface area contributed by atoms with Crippen LogP contribution < -0.4 is 5.32 Å². The molecule has 2 amide bonds. The van der Waals surface area contributed by atoms with Gasteiger partial charge in [0.1, 0.15) is 0 Å². The van der Waals surface area contributed by atoms with E-state index in [9.17, 15) is 9.59 Å². The lowest BCUT2D eigenvalue weighted by Crippen LogP contribution is -2.59. The molecule has 2 atom stereocenters. The highest BCUT2D eigenvalue weighted by atomic mass is 16.2. The zero-order valence-electron chi connectivity index (χ0n) is 12.8. The third-order valence-corrected chi connectivity index (χ3v) is 4.81. The zero-order chi connectivity index (χ0) is 15.5. The van der Waals surface area contributed by atoms with Gasteiger partial charge in [0.25, 0.3) is 5.91 Å². The fourth-order valence-electron chi connectivity index (χ4n) is 3.49. The molecule has 4 heteroatoms. The van der Waals surface area contributed by atoms with Crippen molar-refractivity contribution in [3.63, 3.8) is 0 Å². The van der Waals surface area contributed by atoms with Gasteiger partial charge in [-0.2, -0.15) is 0 Å². The van der Waals surface area contributed by atoms with Gasteiger partial charge in [0.05, 0.1) is 0 Å². The molecule has 3 rings (SSSR count). The molecule has 0 spiro atoms. The summed E-state index contributed by atoms with van der Waals surface area (Å²) >= 11 is 0. The van der Waals surface area contributed by atoms with Crippen LogP contribution in [-0.2, 0) is 11.3 Å². The van der Waals surface area contributed by atoms with Gasteiger partial charge in [-0.15, -0.1) is 0 Å². The number of likely N-dealkylation sites (tertiary alicyclic amines) is 1. The molecule has 2 fully saturated rings. The maximum absolute atomic E-state index is 12.5. The predicted octanol–water partition coefficient (Wildman–Crippen LogP) is 2.50. The van der Waals surface area contributed by atoms with Gasteiger partial charge in [-0.3, -0.25) is 9.59 Å². The summed E-state index contributed by atoms with van der Waals surface area (Å²) in [5, 5.41) is 2.73. The van der Waals surface area contributed by atoms with Gasteiger partial charge in [0.2, 0.25) is 5.91 Å². The molecule has 1 saturated carbocycles. The second kappa shape index (κ2) is 6.34. The van der Waals surface area contributed by atoms with Crippen molar-refractivity contribution in [3.8, 4) is 0 Å². The van der Waals surface area contributed by atoms with Crippen LogP contribution >= 0.6 is 0 Å². The number of carbonyl (C=O) groups is 2. The van der Waals surface area contributed by atoms with Crippen molar-refractivity contribution in [2.45, 2.75) is 38.3 Å². The molecule has 1 aromatic carbocycles. The summed E-state index contributed by atoms with van der Waals surface area (Å²) in [5.41, 5.74) is 1.72. The molecule has 1 aliphatic carbocycles. The molecule has 1 N–H and O–H groups in total. The van der Waals surface area contributed by atoms with Gasteiger partial charge in [0.15, 0.2) is 0 Å². The van der Waals surface area contributed by atoms with Crippen LogP contribution in [-0.4, -0.2) is 29.3 Å². The van der Waals surface area contributed by atoms with Crippen molar-refractivity contribution in [2.24, 2.45) is 5.92 Å². The van der Waals surface area contributed by atoms with Crippen LogP contribution in [0.3, 0.4) is 0 Å². The lowest BCUT2D eigenvalue weighted by Gasteiger charge is -2.51. The maximum Gasteiger partial charge on any atom is 0.254 e. The molecule has 0 unspecified atom stereocenters. The molecule has 116 valence electrons. The Hall–Kier alpha value is -2.10. The average Bonchev–Trinajstić information content (AvgIpc) is 2.54. The van der Waals surface area contributed by atoms with Gasteiger partial charge in [0, 0.05) is 24.7 Å². The number of fused-ring (bicyclic) bond motifs is 1. The van der Waals surface area contributed by atoms with Crippen LogP contribution in [0.2, 0.25) is 0 Å². The summed E-state index contributed by atoms with van der Waals surface area (Å²) in [7, 11) is 0. The SMILES string of the molecule is C=CC(=O)NCc1ccc(C(=O)N2C[C@@H]3CCCC[C@@H]32)cc1. The standard InChI is InChI=1S/C18H22N2O2/c1-2-17(21)19-11-13-7-9-14(10-8-13)18(22)20-12-15-5-3-4-6-16(15)20/h2,7-10,15-16H,1,3-6,11-12H2,(H,19,21)/t15-,16-/m0/s1. The van der Waals surface area contributed by atoms with E-state index in [1.165, 1.54) is 25.3 Å². The molecule has 0 bridgehead atoms. The van der Waals surface area contributed by atoms with E-state index in [1.54, 1.807) is 0 Å². The molecule has 2 aliphatic rings. The summed E-state index contributed by atoms with van der Waals surface area (Å²) in [6, 6.07) is 7.97. The number of carbonyl (C=O) groups excluding carboxylic acids is 2. The van der Waals surface area contributed by atoms with E-state index in [0.717, 1.165) is 30.0 Å². The summed E-state index contributed by atoms with van der Waals surface area (Å²) in [6.45, 7) is 4.79. The Kier molecular flexibility index (Phi) is 4.27. The molecule has 1 heterocycles. The average molecular weight is 298 g/mol. The van der Waals surface area contributed by atoms with Crippen molar-refractivity contribution in [2.75, 3.05) is 6.54 Å². The zero-order valence-corrected chi connectivity index (χ0v) is 12.8. The van der Waals surface area contributed by atoms with Crippen LogP contribution in [0.15, 0.2) is 36.9 Å². The Morgan fingerprint density at radius 1 is 1.23 bits per heavy atom. The van der Waals surface area contributed by atoms with E-state index in [4.69, 9.17) is 0 Å². The predicted molar refractivity (Wildman–Crippen MR) is 85.3 cm³/mol. The first-order chi connectivity index (χ1) is 10.7. The highest BCUT2D eigenvalue weighted by Crippen LogP contribution is 2.37. The number of benzene rings is 1. The van der Waals surface area contributed by atoms with Crippen molar-refractivity contribution in [3.05, 3.63) is 48.0 Å². The van der Waals surface area contributed by atoms with E-state index >= 15 is 0 Å². The van der Waals surface area contributed by atoms with Gasteiger partial charge in [-0.25, -0.2) is 0 Å². The minimum Gasteiger partial charge on any atom is -0.348 e. The van der Waals surface area contributed by atoms with Gasteiger partial charge in [-0.1, -0.05) is 31.6 Å². The van der Waals surface area contributed by atoms with Crippen molar-refractivity contribution in [1.82, 2.24) is 10.2 Å². The normalized spacial score (nSPS) is 23.2. The van der Waals surface area contributed by atoms with Gasteiger partial charge in [-0.05, 0) is 42.5 Å². The first-order valence-electron chi connectivity index (χ1n) is 7.99. The molecule has 0 aromatic heterocycles. The Morgan fingerprint density at radius 2 is 1.95 bits per heavy atom. The summed E-state index contributed by atoms with van der Waals surface area (Å²) in [5.74, 6) is 0.681. The molecular formula is C18H22N2O2. The second-order valence-corrected chi connectivity index (χ2v) is 6.19. The van der Waals surface area contributed by atoms with E-state index in [-0.39, 0.29) is 11.8 Å². The lowest BCUT2D eigenvalue weighted by molar-refractivity contribution is -0.116. The number of nitrogens with zero attached hydrogens (tertiary/aromatic N) is 1. The maximum atomic E-state index is 12.5. The number of hydrogen-bond acceptors (Lipinski definition) is 2. The summed E-state index contributed by atoms with van der Waals surface area (Å²) < 4.78 is 0. The number of amides is 2. The van der Waals surface area contributed by atoms with Crippen molar-refractivity contribution >= 4 is 11.8 Å². The fraction of sp³-hybridized carbons (Fsp3) is 0.444. The highest BCUT2D eigenvalue weighted by Gasteiger charge is 2.42. The highest BCUT2D eigenvalue weighted by molar-refractivity contribution is 5.95. The van der Waals surface area contributed by atoms with Crippen molar-refractivity contribution in [1.29, 1.82) is 0 Å². The van der Waals surface area contributed by atoms with E-state index < -0.39 is 0 Å². The Bertz CT molecular complexity index is 579. The van der Waals surface area contributed by atoms with Gasteiger partial charge >= 0.3 is 0 Å². The topological polar surface area (TPSA) is 49.4 Å². The Balaban J connectivity index is 1.59. The fourth-order valence-corrected chi connectivity index (χ4v) is 3.49. The Morgan fingerprint density at radius 3 is 2.64 bits per heavy atom.